The number of benzene rings is 1. The molecule has 17 heavy (non-hydrogen) atoms. The van der Waals surface area contributed by atoms with Crippen LogP contribution < -0.4 is 11.3 Å². The smallest absolute Gasteiger partial charge is 0.241 e. The van der Waals surface area contributed by atoms with Crippen molar-refractivity contribution in [3.05, 3.63) is 30.5 Å². The molecule has 1 aromatic heterocycles. The Labute approximate surface area is 99.6 Å². The molecule has 0 unspecified atom stereocenters. The molecule has 3 N–H and O–H groups in total. The highest BCUT2D eigenvalue weighted by atomic mass is 16.2. The van der Waals surface area contributed by atoms with E-state index in [1.54, 1.807) is 6.20 Å². The van der Waals surface area contributed by atoms with Gasteiger partial charge in [0.2, 0.25) is 5.91 Å². The number of aromatic nitrogens is 2. The zero-order valence-corrected chi connectivity index (χ0v) is 9.97. The number of amides is 1. The topological polar surface area (TPSA) is 72.9 Å². The van der Waals surface area contributed by atoms with Crippen molar-refractivity contribution in [2.75, 3.05) is 0 Å². The van der Waals surface area contributed by atoms with Crippen molar-refractivity contribution < 1.29 is 4.79 Å². The number of nitrogens with one attached hydrogen (secondary N) is 1. The van der Waals surface area contributed by atoms with E-state index >= 15 is 0 Å². The number of nitrogens with zero attached hydrogens (tertiary/aromatic N) is 2. The fraction of sp³-hybridized carbons (Fsp3) is 0.333. The molecule has 1 aromatic carbocycles. The lowest BCUT2D eigenvalue weighted by Gasteiger charge is -2.22. The molecule has 0 aliphatic rings. The predicted octanol–water partition coefficient (Wildman–Crippen LogP) is 1.05. The van der Waals surface area contributed by atoms with Gasteiger partial charge in [0.1, 0.15) is 0 Å². The summed E-state index contributed by atoms with van der Waals surface area (Å²) < 4.78 is 1.82. The van der Waals surface area contributed by atoms with Crippen LogP contribution >= 0.6 is 0 Å². The van der Waals surface area contributed by atoms with E-state index < -0.39 is 5.41 Å². The molecule has 0 saturated heterocycles. The molecule has 0 spiro atoms. The molecule has 2 rings (SSSR count). The number of hydrazine groups is 1. The third-order valence-corrected chi connectivity index (χ3v) is 2.84. The molecule has 0 radical (unpaired) electrons. The van der Waals surface area contributed by atoms with Crippen molar-refractivity contribution >= 4 is 16.8 Å². The molecular formula is C12H16N4O. The molecule has 5 heteroatoms. The van der Waals surface area contributed by atoms with E-state index in [-0.39, 0.29) is 5.91 Å². The molecular weight excluding hydrogens is 216 g/mol. The van der Waals surface area contributed by atoms with Gasteiger partial charge in [-0.2, -0.15) is 5.10 Å². The first-order valence-corrected chi connectivity index (χ1v) is 5.46. The van der Waals surface area contributed by atoms with Gasteiger partial charge in [0.15, 0.2) is 0 Å². The van der Waals surface area contributed by atoms with Crippen LogP contribution in [-0.2, 0) is 11.3 Å². The second-order valence-electron chi connectivity index (χ2n) is 4.72. The first-order valence-electron chi connectivity index (χ1n) is 5.46. The van der Waals surface area contributed by atoms with E-state index in [0.29, 0.717) is 6.54 Å². The van der Waals surface area contributed by atoms with Crippen LogP contribution in [0.15, 0.2) is 30.5 Å². The average molecular weight is 232 g/mol. The van der Waals surface area contributed by atoms with Crippen LogP contribution in [-0.4, -0.2) is 15.7 Å². The summed E-state index contributed by atoms with van der Waals surface area (Å²) in [5.74, 6) is 4.97. The molecule has 0 atom stereocenters. The second-order valence-corrected chi connectivity index (χ2v) is 4.72. The molecule has 0 aliphatic heterocycles. The van der Waals surface area contributed by atoms with Crippen molar-refractivity contribution in [2.45, 2.75) is 20.4 Å². The maximum Gasteiger partial charge on any atom is 0.241 e. The van der Waals surface area contributed by atoms with Crippen molar-refractivity contribution in [3.63, 3.8) is 0 Å². The minimum absolute atomic E-state index is 0.197. The van der Waals surface area contributed by atoms with Gasteiger partial charge in [-0.15, -0.1) is 0 Å². The minimum atomic E-state index is -0.594. The quantitative estimate of drug-likeness (QED) is 0.472. The van der Waals surface area contributed by atoms with E-state index in [1.807, 2.05) is 42.8 Å². The summed E-state index contributed by atoms with van der Waals surface area (Å²) in [6.45, 7) is 4.17. The number of carbonyl (C=O) groups excluding carboxylic acids is 1. The number of rotatable bonds is 3. The lowest BCUT2D eigenvalue weighted by molar-refractivity contribution is -0.130. The van der Waals surface area contributed by atoms with Gasteiger partial charge in [-0.25, -0.2) is 5.84 Å². The Morgan fingerprint density at radius 3 is 2.88 bits per heavy atom. The SMILES string of the molecule is CC(C)(Cn1ncc2ccccc21)C(=O)NN. The molecule has 90 valence electrons. The molecule has 0 bridgehead atoms. The molecule has 0 saturated carbocycles. The van der Waals surface area contributed by atoms with Crippen LogP contribution in [0.2, 0.25) is 0 Å². The van der Waals surface area contributed by atoms with Crippen molar-refractivity contribution in [3.8, 4) is 0 Å². The van der Waals surface area contributed by atoms with Gasteiger partial charge < -0.3 is 0 Å². The normalized spacial score (nSPS) is 11.7. The number of carbonyl (C=O) groups is 1. The lowest BCUT2D eigenvalue weighted by Crippen LogP contribution is -2.43. The summed E-state index contributed by atoms with van der Waals surface area (Å²) in [5.41, 5.74) is 2.61. The number of para-hydroxylation sites is 1. The second kappa shape index (κ2) is 4.18. The maximum absolute atomic E-state index is 11.6. The molecule has 1 amide bonds. The Kier molecular flexibility index (Phi) is 2.85. The molecule has 0 aliphatic carbocycles. The Hall–Kier alpha value is -1.88. The summed E-state index contributed by atoms with van der Waals surface area (Å²) in [6.07, 6.45) is 1.80. The zero-order chi connectivity index (χ0) is 12.5. The number of hydrogen-bond donors (Lipinski definition) is 2. The Morgan fingerprint density at radius 2 is 2.18 bits per heavy atom. The first-order chi connectivity index (χ1) is 8.04. The lowest BCUT2D eigenvalue weighted by atomic mass is 9.92. The molecule has 2 aromatic rings. The van der Waals surface area contributed by atoms with Crippen molar-refractivity contribution in [1.82, 2.24) is 15.2 Å². The standard InChI is InChI=1S/C12H16N4O/c1-12(2,11(17)15-13)8-16-10-6-4-3-5-9(10)7-14-16/h3-7H,8,13H2,1-2H3,(H,15,17). The van der Waals surface area contributed by atoms with Crippen LogP contribution in [0.4, 0.5) is 0 Å². The van der Waals surface area contributed by atoms with Crippen LogP contribution in [0.1, 0.15) is 13.8 Å². The van der Waals surface area contributed by atoms with Gasteiger partial charge in [-0.05, 0) is 19.9 Å². The zero-order valence-electron chi connectivity index (χ0n) is 9.97. The van der Waals surface area contributed by atoms with E-state index in [1.165, 1.54) is 0 Å². The van der Waals surface area contributed by atoms with Gasteiger partial charge >= 0.3 is 0 Å². The van der Waals surface area contributed by atoms with E-state index in [4.69, 9.17) is 5.84 Å². The molecule has 0 fully saturated rings. The Morgan fingerprint density at radius 1 is 1.47 bits per heavy atom. The monoisotopic (exact) mass is 232 g/mol. The third kappa shape index (κ3) is 2.14. The fourth-order valence-corrected chi connectivity index (χ4v) is 1.79. The van der Waals surface area contributed by atoms with E-state index in [9.17, 15) is 4.79 Å². The summed E-state index contributed by atoms with van der Waals surface area (Å²) in [5, 5.41) is 5.36. The largest absolute Gasteiger partial charge is 0.294 e. The van der Waals surface area contributed by atoms with E-state index in [2.05, 4.69) is 10.5 Å². The number of hydrogen-bond acceptors (Lipinski definition) is 3. The van der Waals surface area contributed by atoms with Crippen molar-refractivity contribution in [2.24, 2.45) is 11.3 Å². The van der Waals surface area contributed by atoms with Gasteiger partial charge in [0.05, 0.1) is 23.7 Å². The summed E-state index contributed by atoms with van der Waals surface area (Å²) >= 11 is 0. The molecule has 1 heterocycles. The number of fused-ring (bicyclic) bond motifs is 1. The first kappa shape index (κ1) is 11.6. The third-order valence-electron chi connectivity index (χ3n) is 2.84. The van der Waals surface area contributed by atoms with Gasteiger partial charge in [0, 0.05) is 5.39 Å². The summed E-state index contributed by atoms with van der Waals surface area (Å²) in [4.78, 5) is 11.6. The maximum atomic E-state index is 11.6. The highest BCUT2D eigenvalue weighted by molar-refractivity contribution is 5.82. The minimum Gasteiger partial charge on any atom is -0.294 e. The van der Waals surface area contributed by atoms with Crippen LogP contribution in [0, 0.1) is 5.41 Å². The number of nitrogens with two attached hydrogens (primary N) is 1. The molecule has 5 nitrogen and oxygen atoms in total. The predicted molar refractivity (Wildman–Crippen MR) is 65.8 cm³/mol. The Bertz CT molecular complexity index is 544. The van der Waals surface area contributed by atoms with Gasteiger partial charge in [0.25, 0.3) is 0 Å². The fourth-order valence-electron chi connectivity index (χ4n) is 1.79. The van der Waals surface area contributed by atoms with Gasteiger partial charge in [-0.3, -0.25) is 14.9 Å². The van der Waals surface area contributed by atoms with Crippen molar-refractivity contribution in [1.29, 1.82) is 0 Å². The summed E-state index contributed by atoms with van der Waals surface area (Å²) in [6, 6.07) is 7.90. The van der Waals surface area contributed by atoms with Crippen LogP contribution in [0.3, 0.4) is 0 Å². The van der Waals surface area contributed by atoms with Gasteiger partial charge in [-0.1, -0.05) is 18.2 Å². The average Bonchev–Trinajstić information content (AvgIpc) is 2.71. The Balaban J connectivity index is 2.33. The van der Waals surface area contributed by atoms with E-state index in [0.717, 1.165) is 10.9 Å². The summed E-state index contributed by atoms with van der Waals surface area (Å²) in [7, 11) is 0. The highest BCUT2D eigenvalue weighted by Crippen LogP contribution is 2.21. The highest BCUT2D eigenvalue weighted by Gasteiger charge is 2.28. The van der Waals surface area contributed by atoms with Crippen LogP contribution in [0.5, 0.6) is 0 Å². The van der Waals surface area contributed by atoms with Crippen LogP contribution in [0.25, 0.3) is 10.9 Å².